The summed E-state index contributed by atoms with van der Waals surface area (Å²) in [4.78, 5) is 12.7. The Morgan fingerprint density at radius 3 is 2.85 bits per heavy atom. The number of aliphatic hydroxyl groups is 1. The van der Waals surface area contributed by atoms with Crippen LogP contribution in [0.2, 0.25) is 0 Å². The minimum absolute atomic E-state index is 0.232. The molecule has 0 aromatic carbocycles. The number of aromatic nitrogens is 2. The monoisotopic (exact) mass is 344 g/mol. The smallest absolute Gasteiger partial charge is 0.213 e. The maximum absolute atomic E-state index is 12.7. The lowest BCUT2D eigenvalue weighted by Crippen LogP contribution is -2.43. The molecule has 0 amide bonds. The average Bonchev–Trinajstić information content (AvgIpc) is 2.80. The lowest BCUT2D eigenvalue weighted by Gasteiger charge is -2.33. The summed E-state index contributed by atoms with van der Waals surface area (Å²) >= 11 is 3.36. The van der Waals surface area contributed by atoms with Gasteiger partial charge in [0.25, 0.3) is 0 Å². The Hall–Kier alpha value is -0.720. The quantitative estimate of drug-likeness (QED) is 0.833. The number of carbonyl (C=O) groups is 1. The number of hydrogen-bond acceptors (Lipinski definition) is 4. The Morgan fingerprint density at radius 1 is 1.60 bits per heavy atom. The van der Waals surface area contributed by atoms with Crippen LogP contribution in [-0.4, -0.2) is 40.0 Å². The van der Waals surface area contributed by atoms with Crippen LogP contribution in [-0.2, 0) is 11.3 Å². The summed E-state index contributed by atoms with van der Waals surface area (Å²) in [5, 5.41) is 14.8. The molecule has 0 atom stereocenters. The predicted octanol–water partition coefficient (Wildman–Crippen LogP) is 2.42. The molecule has 112 valence electrons. The van der Waals surface area contributed by atoms with Crippen LogP contribution in [0.1, 0.15) is 43.1 Å². The molecule has 1 aliphatic carbocycles. The van der Waals surface area contributed by atoms with Crippen molar-refractivity contribution in [1.82, 2.24) is 9.78 Å². The SMILES string of the molecule is COCCn1ncc(Br)c1C(=O)C1(O)CCC(C)CC1. The third-order valence-electron chi connectivity index (χ3n) is 4.04. The number of ether oxygens (including phenoxy) is 1. The third kappa shape index (κ3) is 3.13. The normalized spacial score (nSPS) is 26.7. The highest BCUT2D eigenvalue weighted by molar-refractivity contribution is 9.10. The van der Waals surface area contributed by atoms with Crippen LogP contribution in [0.5, 0.6) is 0 Å². The van der Waals surface area contributed by atoms with Crippen molar-refractivity contribution in [3.8, 4) is 0 Å². The highest BCUT2D eigenvalue weighted by Crippen LogP contribution is 2.35. The number of Topliss-reactive ketones (excluding diaryl/α,β-unsaturated/α-hetero) is 1. The van der Waals surface area contributed by atoms with E-state index >= 15 is 0 Å². The zero-order valence-electron chi connectivity index (χ0n) is 11.9. The lowest BCUT2D eigenvalue weighted by atomic mass is 9.76. The highest BCUT2D eigenvalue weighted by atomic mass is 79.9. The molecule has 1 N–H and O–H groups in total. The van der Waals surface area contributed by atoms with Crippen LogP contribution in [0.15, 0.2) is 10.7 Å². The fourth-order valence-corrected chi connectivity index (χ4v) is 3.10. The number of hydrogen-bond donors (Lipinski definition) is 1. The zero-order valence-corrected chi connectivity index (χ0v) is 13.5. The molecule has 6 heteroatoms. The van der Waals surface area contributed by atoms with Crippen molar-refractivity contribution in [2.75, 3.05) is 13.7 Å². The van der Waals surface area contributed by atoms with Crippen LogP contribution in [0.3, 0.4) is 0 Å². The van der Waals surface area contributed by atoms with Crippen LogP contribution >= 0.6 is 15.9 Å². The maximum atomic E-state index is 12.7. The van der Waals surface area contributed by atoms with Gasteiger partial charge in [0.15, 0.2) is 0 Å². The summed E-state index contributed by atoms with van der Waals surface area (Å²) in [5.41, 5.74) is -0.807. The van der Waals surface area contributed by atoms with Crippen molar-refractivity contribution in [1.29, 1.82) is 0 Å². The summed E-state index contributed by atoms with van der Waals surface area (Å²) in [5.74, 6) is 0.342. The standard InChI is InChI=1S/C14H21BrN2O3/c1-10-3-5-14(19,6-4-10)13(18)12-11(15)9-16-17(12)7-8-20-2/h9-10,19H,3-8H2,1-2H3. The molecule has 0 spiro atoms. The molecule has 1 aliphatic rings. The van der Waals surface area contributed by atoms with E-state index in [0.29, 0.717) is 42.1 Å². The first-order chi connectivity index (χ1) is 9.48. The first kappa shape index (κ1) is 15.7. The van der Waals surface area contributed by atoms with Crippen molar-refractivity contribution in [3.05, 3.63) is 16.4 Å². The summed E-state index contributed by atoms with van der Waals surface area (Å²) in [6, 6.07) is 0. The Kier molecular flexibility index (Phi) is 4.99. The third-order valence-corrected chi connectivity index (χ3v) is 4.62. The molecule has 0 aliphatic heterocycles. The van der Waals surface area contributed by atoms with Gasteiger partial charge >= 0.3 is 0 Å². The Balaban J connectivity index is 2.22. The molecule has 1 aromatic heterocycles. The summed E-state index contributed by atoms with van der Waals surface area (Å²) in [7, 11) is 1.61. The second-order valence-corrected chi connectivity index (χ2v) is 6.45. The molecule has 5 nitrogen and oxygen atoms in total. The van der Waals surface area contributed by atoms with E-state index in [2.05, 4.69) is 28.0 Å². The lowest BCUT2D eigenvalue weighted by molar-refractivity contribution is 0.00317. The van der Waals surface area contributed by atoms with Gasteiger partial charge in [-0.1, -0.05) is 6.92 Å². The van der Waals surface area contributed by atoms with Gasteiger partial charge in [0, 0.05) is 7.11 Å². The summed E-state index contributed by atoms with van der Waals surface area (Å²) < 4.78 is 7.26. The molecule has 0 radical (unpaired) electrons. The molecule has 2 rings (SSSR count). The molecule has 1 heterocycles. The second-order valence-electron chi connectivity index (χ2n) is 5.60. The molecule has 0 bridgehead atoms. The number of carbonyl (C=O) groups excluding carboxylic acids is 1. The van der Waals surface area contributed by atoms with Gasteiger partial charge in [0.1, 0.15) is 11.3 Å². The van der Waals surface area contributed by atoms with Crippen molar-refractivity contribution >= 4 is 21.7 Å². The maximum Gasteiger partial charge on any atom is 0.213 e. The van der Waals surface area contributed by atoms with Crippen molar-refractivity contribution in [2.45, 2.75) is 44.8 Å². The minimum Gasteiger partial charge on any atom is -0.383 e. The van der Waals surface area contributed by atoms with E-state index in [4.69, 9.17) is 4.74 Å². The van der Waals surface area contributed by atoms with Crippen molar-refractivity contribution in [2.24, 2.45) is 5.92 Å². The van der Waals surface area contributed by atoms with E-state index in [-0.39, 0.29) is 5.78 Å². The van der Waals surface area contributed by atoms with Gasteiger partial charge in [-0.3, -0.25) is 9.48 Å². The minimum atomic E-state index is -1.25. The molecule has 1 fully saturated rings. The summed E-state index contributed by atoms with van der Waals surface area (Å²) in [6.07, 6.45) is 4.40. The van der Waals surface area contributed by atoms with Gasteiger partial charge in [-0.05, 0) is 47.5 Å². The van der Waals surface area contributed by atoms with Gasteiger partial charge in [-0.2, -0.15) is 5.10 Å². The van der Waals surface area contributed by atoms with Gasteiger partial charge < -0.3 is 9.84 Å². The second kappa shape index (κ2) is 6.37. The van der Waals surface area contributed by atoms with Gasteiger partial charge in [0.05, 0.1) is 23.8 Å². The van der Waals surface area contributed by atoms with Crippen LogP contribution < -0.4 is 0 Å². The Labute approximate surface area is 127 Å². The number of nitrogens with zero attached hydrogens (tertiary/aromatic N) is 2. The van der Waals surface area contributed by atoms with Crippen molar-refractivity contribution < 1.29 is 14.6 Å². The van der Waals surface area contributed by atoms with Crippen LogP contribution in [0.25, 0.3) is 0 Å². The van der Waals surface area contributed by atoms with Crippen molar-refractivity contribution in [3.63, 3.8) is 0 Å². The molecule has 1 saturated carbocycles. The van der Waals surface area contributed by atoms with E-state index in [0.717, 1.165) is 12.8 Å². The molecular formula is C14H21BrN2O3. The number of halogens is 1. The van der Waals surface area contributed by atoms with E-state index in [1.54, 1.807) is 18.0 Å². The summed E-state index contributed by atoms with van der Waals surface area (Å²) in [6.45, 7) is 3.13. The average molecular weight is 345 g/mol. The number of rotatable bonds is 5. The number of methoxy groups -OCH3 is 1. The van der Waals surface area contributed by atoms with E-state index in [9.17, 15) is 9.90 Å². The Morgan fingerprint density at radius 2 is 2.25 bits per heavy atom. The molecule has 0 saturated heterocycles. The van der Waals surface area contributed by atoms with Gasteiger partial charge in [-0.25, -0.2) is 0 Å². The molecular weight excluding hydrogens is 324 g/mol. The van der Waals surface area contributed by atoms with Crippen LogP contribution in [0, 0.1) is 5.92 Å². The molecule has 20 heavy (non-hydrogen) atoms. The first-order valence-electron chi connectivity index (χ1n) is 6.95. The van der Waals surface area contributed by atoms with E-state index < -0.39 is 5.60 Å². The van der Waals surface area contributed by atoms with Gasteiger partial charge in [-0.15, -0.1) is 0 Å². The molecule has 0 unspecified atom stereocenters. The van der Waals surface area contributed by atoms with Crippen LogP contribution in [0.4, 0.5) is 0 Å². The van der Waals surface area contributed by atoms with E-state index in [1.165, 1.54) is 0 Å². The zero-order chi connectivity index (χ0) is 14.8. The fourth-order valence-electron chi connectivity index (χ4n) is 2.62. The van der Waals surface area contributed by atoms with E-state index in [1.807, 2.05) is 0 Å². The molecule has 1 aromatic rings. The number of ketones is 1. The highest BCUT2D eigenvalue weighted by Gasteiger charge is 2.41. The largest absolute Gasteiger partial charge is 0.383 e. The Bertz CT molecular complexity index is 479. The fraction of sp³-hybridized carbons (Fsp3) is 0.714. The topological polar surface area (TPSA) is 64.4 Å². The van der Waals surface area contributed by atoms with Gasteiger partial charge in [0.2, 0.25) is 5.78 Å². The predicted molar refractivity (Wildman–Crippen MR) is 78.7 cm³/mol. The first-order valence-corrected chi connectivity index (χ1v) is 7.74.